The molecule has 0 unspecified atom stereocenters. The smallest absolute Gasteiger partial charge is 0.328 e. The summed E-state index contributed by atoms with van der Waals surface area (Å²) in [7, 11) is 0. The third-order valence-electron chi connectivity index (χ3n) is 5.06. The number of carbonyl (C=O) groups is 1. The van der Waals surface area contributed by atoms with Crippen molar-refractivity contribution in [2.24, 2.45) is 0 Å². The van der Waals surface area contributed by atoms with Crippen LogP contribution in [0, 0.1) is 24.4 Å². The Morgan fingerprint density at radius 2 is 1.59 bits per heavy atom. The van der Waals surface area contributed by atoms with E-state index in [2.05, 4.69) is 0 Å². The molecule has 2 N–H and O–H groups in total. The van der Waals surface area contributed by atoms with Gasteiger partial charge in [0.05, 0.1) is 5.56 Å². The lowest BCUT2D eigenvalue weighted by molar-refractivity contribution is -0.131. The Balaban J connectivity index is 2.35. The molecule has 0 saturated carbocycles. The van der Waals surface area contributed by atoms with E-state index >= 15 is 8.78 Å². The van der Waals surface area contributed by atoms with Crippen LogP contribution in [0.3, 0.4) is 0 Å². The molecule has 0 aliphatic carbocycles. The molecule has 0 atom stereocenters. The highest BCUT2D eigenvalue weighted by atomic mass is 19.1. The van der Waals surface area contributed by atoms with Gasteiger partial charge in [-0.1, -0.05) is 25.1 Å². The fourth-order valence-corrected chi connectivity index (χ4v) is 3.66. The average molecular weight is 438 g/mol. The SMILES string of the molecule is CC/C(=C(\c1ccc(O)cc1)c1c(F)cc(/C=C/C(=O)O)cc1F)c1ccc(F)cc1C. The fourth-order valence-electron chi connectivity index (χ4n) is 3.66. The van der Waals surface area contributed by atoms with E-state index in [1.54, 1.807) is 25.1 Å². The van der Waals surface area contributed by atoms with E-state index < -0.39 is 23.4 Å². The summed E-state index contributed by atoms with van der Waals surface area (Å²) in [6.45, 7) is 3.55. The highest BCUT2D eigenvalue weighted by Gasteiger charge is 2.22. The highest BCUT2D eigenvalue weighted by molar-refractivity contribution is 5.99. The van der Waals surface area contributed by atoms with E-state index in [4.69, 9.17) is 5.11 Å². The molecule has 0 aromatic heterocycles. The molecule has 0 aliphatic rings. The summed E-state index contributed by atoms with van der Waals surface area (Å²) < 4.78 is 44.2. The predicted octanol–water partition coefficient (Wildman–Crippen LogP) is 6.58. The summed E-state index contributed by atoms with van der Waals surface area (Å²) in [6.07, 6.45) is 2.29. The van der Waals surface area contributed by atoms with Crippen LogP contribution in [0.5, 0.6) is 5.75 Å². The standard InChI is InChI=1S/C26H21F3O3/c1-3-20(21-10-7-18(27)12-15(21)2)25(17-5-8-19(30)9-6-17)26-22(28)13-16(14-23(26)29)4-11-24(31)32/h4-14,30H,3H2,1-2H3,(H,31,32)/b11-4+,25-20-. The Labute approximate surface area is 183 Å². The van der Waals surface area contributed by atoms with Gasteiger partial charge in [0, 0.05) is 6.08 Å². The zero-order valence-electron chi connectivity index (χ0n) is 17.5. The van der Waals surface area contributed by atoms with Gasteiger partial charge >= 0.3 is 5.97 Å². The van der Waals surface area contributed by atoms with Crippen molar-refractivity contribution >= 4 is 23.2 Å². The van der Waals surface area contributed by atoms with Crippen molar-refractivity contribution < 1.29 is 28.2 Å². The van der Waals surface area contributed by atoms with Gasteiger partial charge in [-0.05, 0) is 89.2 Å². The number of aromatic hydroxyl groups is 1. The number of phenols is 1. The van der Waals surface area contributed by atoms with Crippen LogP contribution in [0.25, 0.3) is 17.2 Å². The molecule has 0 saturated heterocycles. The molecule has 0 spiro atoms. The number of phenolic OH excluding ortho intramolecular Hbond substituents is 1. The number of carboxylic acid groups (broad SMARTS) is 1. The summed E-state index contributed by atoms with van der Waals surface area (Å²) in [6, 6.07) is 12.3. The van der Waals surface area contributed by atoms with E-state index in [1.165, 1.54) is 24.3 Å². The van der Waals surface area contributed by atoms with Crippen LogP contribution in [0.15, 0.2) is 60.7 Å². The number of aryl methyl sites for hydroxylation is 1. The summed E-state index contributed by atoms with van der Waals surface area (Å²) in [4.78, 5) is 10.7. The molecule has 164 valence electrons. The molecule has 0 radical (unpaired) electrons. The lowest BCUT2D eigenvalue weighted by Gasteiger charge is -2.19. The molecule has 3 aromatic rings. The molecule has 0 heterocycles. The first-order chi connectivity index (χ1) is 15.2. The third kappa shape index (κ3) is 4.91. The number of hydrogen-bond acceptors (Lipinski definition) is 2. The number of hydrogen-bond donors (Lipinski definition) is 2. The van der Waals surface area contributed by atoms with Gasteiger partial charge in [0.2, 0.25) is 0 Å². The van der Waals surface area contributed by atoms with E-state index in [0.29, 0.717) is 28.7 Å². The Kier molecular flexibility index (Phi) is 6.83. The summed E-state index contributed by atoms with van der Waals surface area (Å²) >= 11 is 0. The molecule has 0 fully saturated rings. The Morgan fingerprint density at radius 1 is 0.969 bits per heavy atom. The lowest BCUT2D eigenvalue weighted by Crippen LogP contribution is -2.03. The van der Waals surface area contributed by atoms with Crippen molar-refractivity contribution in [1.82, 2.24) is 0 Å². The van der Waals surface area contributed by atoms with Crippen LogP contribution in [-0.4, -0.2) is 16.2 Å². The second-order valence-electron chi connectivity index (χ2n) is 7.24. The minimum absolute atomic E-state index is 0.000731. The molecule has 0 bridgehead atoms. The molecular formula is C26H21F3O3. The third-order valence-corrected chi connectivity index (χ3v) is 5.06. The van der Waals surface area contributed by atoms with Gasteiger partial charge in [-0.25, -0.2) is 18.0 Å². The second kappa shape index (κ2) is 9.56. The number of carboxylic acids is 1. The van der Waals surface area contributed by atoms with Crippen molar-refractivity contribution in [3.63, 3.8) is 0 Å². The Bertz CT molecular complexity index is 1200. The van der Waals surface area contributed by atoms with Crippen LogP contribution in [0.4, 0.5) is 13.2 Å². The maximum Gasteiger partial charge on any atom is 0.328 e. The first-order valence-corrected chi connectivity index (χ1v) is 9.90. The van der Waals surface area contributed by atoms with Gasteiger partial charge in [0.25, 0.3) is 0 Å². The zero-order valence-corrected chi connectivity index (χ0v) is 17.5. The van der Waals surface area contributed by atoms with E-state index in [-0.39, 0.29) is 22.4 Å². The number of allylic oxidation sites excluding steroid dienone is 1. The van der Waals surface area contributed by atoms with Gasteiger partial charge in [0.1, 0.15) is 23.2 Å². The van der Waals surface area contributed by atoms with E-state index in [0.717, 1.165) is 24.3 Å². The number of rotatable bonds is 6. The monoisotopic (exact) mass is 438 g/mol. The summed E-state index contributed by atoms with van der Waals surface area (Å²) in [5.74, 6) is -3.40. The number of benzene rings is 3. The normalized spacial score (nSPS) is 12.2. The first kappa shape index (κ1) is 22.9. The topological polar surface area (TPSA) is 57.5 Å². The Morgan fingerprint density at radius 3 is 2.12 bits per heavy atom. The van der Waals surface area contributed by atoms with Gasteiger partial charge in [-0.2, -0.15) is 0 Å². The van der Waals surface area contributed by atoms with Crippen molar-refractivity contribution in [3.8, 4) is 5.75 Å². The van der Waals surface area contributed by atoms with Gasteiger partial charge in [-0.15, -0.1) is 0 Å². The molecule has 0 aliphatic heterocycles. The van der Waals surface area contributed by atoms with Crippen molar-refractivity contribution in [1.29, 1.82) is 0 Å². The van der Waals surface area contributed by atoms with E-state index in [9.17, 15) is 14.3 Å². The molecule has 6 heteroatoms. The van der Waals surface area contributed by atoms with Crippen LogP contribution < -0.4 is 0 Å². The van der Waals surface area contributed by atoms with Crippen molar-refractivity contribution in [2.45, 2.75) is 20.3 Å². The fraction of sp³-hybridized carbons (Fsp3) is 0.115. The van der Waals surface area contributed by atoms with Crippen molar-refractivity contribution in [2.75, 3.05) is 0 Å². The van der Waals surface area contributed by atoms with Gasteiger partial charge < -0.3 is 10.2 Å². The molecule has 0 amide bonds. The highest BCUT2D eigenvalue weighted by Crippen LogP contribution is 2.38. The number of aliphatic carboxylic acids is 1. The van der Waals surface area contributed by atoms with Gasteiger partial charge in [0.15, 0.2) is 0 Å². The predicted molar refractivity (Wildman–Crippen MR) is 118 cm³/mol. The van der Waals surface area contributed by atoms with Crippen LogP contribution in [0.1, 0.15) is 41.2 Å². The maximum atomic E-state index is 15.3. The number of halogens is 3. The average Bonchev–Trinajstić information content (AvgIpc) is 2.73. The zero-order chi connectivity index (χ0) is 23.4. The summed E-state index contributed by atoms with van der Waals surface area (Å²) in [5, 5.41) is 18.5. The molecule has 3 aromatic carbocycles. The van der Waals surface area contributed by atoms with Gasteiger partial charge in [-0.3, -0.25) is 0 Å². The van der Waals surface area contributed by atoms with Crippen molar-refractivity contribution in [3.05, 3.63) is 106 Å². The van der Waals surface area contributed by atoms with Crippen LogP contribution in [-0.2, 0) is 4.79 Å². The molecule has 3 rings (SSSR count). The van der Waals surface area contributed by atoms with Crippen LogP contribution in [0.2, 0.25) is 0 Å². The molecular weight excluding hydrogens is 417 g/mol. The summed E-state index contributed by atoms with van der Waals surface area (Å²) in [5.41, 5.74) is 2.36. The minimum atomic E-state index is -1.24. The largest absolute Gasteiger partial charge is 0.508 e. The first-order valence-electron chi connectivity index (χ1n) is 9.90. The molecule has 32 heavy (non-hydrogen) atoms. The minimum Gasteiger partial charge on any atom is -0.508 e. The maximum absolute atomic E-state index is 15.3. The quantitative estimate of drug-likeness (QED) is 0.337. The Hall–Kier alpha value is -3.80. The van der Waals surface area contributed by atoms with E-state index in [1.807, 2.05) is 6.92 Å². The van der Waals surface area contributed by atoms with Crippen LogP contribution >= 0.6 is 0 Å². The molecule has 3 nitrogen and oxygen atoms in total. The lowest BCUT2D eigenvalue weighted by atomic mass is 9.86. The second-order valence-corrected chi connectivity index (χ2v) is 7.24.